The van der Waals surface area contributed by atoms with E-state index < -0.39 is 17.9 Å². The van der Waals surface area contributed by atoms with Crippen molar-refractivity contribution in [1.82, 2.24) is 0 Å². The summed E-state index contributed by atoms with van der Waals surface area (Å²) in [4.78, 5) is 10.4. The van der Waals surface area contributed by atoms with Gasteiger partial charge in [-0.15, -0.1) is 0 Å². The molecule has 0 heterocycles. The molecule has 0 spiro atoms. The van der Waals surface area contributed by atoms with Gasteiger partial charge in [-0.2, -0.15) is 0 Å². The molecule has 0 aliphatic heterocycles. The van der Waals surface area contributed by atoms with Crippen LogP contribution in [-0.2, 0) is 4.79 Å². The molecule has 3 nitrogen and oxygen atoms in total. The SMILES string of the molecule is Cc1cccc(O[C@@H](C)CC(=O)O)c1F. The van der Waals surface area contributed by atoms with Crippen molar-refractivity contribution < 1.29 is 19.0 Å². The Labute approximate surface area is 87.5 Å². The molecule has 1 aromatic rings. The van der Waals surface area contributed by atoms with Crippen LogP contribution in [0.4, 0.5) is 4.39 Å². The smallest absolute Gasteiger partial charge is 0.307 e. The Morgan fingerprint density at radius 2 is 2.27 bits per heavy atom. The number of rotatable bonds is 4. The number of hydrogen-bond donors (Lipinski definition) is 1. The van der Waals surface area contributed by atoms with Crippen LogP contribution in [0, 0.1) is 12.7 Å². The van der Waals surface area contributed by atoms with Crippen LogP contribution in [0.2, 0.25) is 0 Å². The van der Waals surface area contributed by atoms with E-state index in [1.165, 1.54) is 6.07 Å². The first-order valence-corrected chi connectivity index (χ1v) is 4.64. The van der Waals surface area contributed by atoms with E-state index in [2.05, 4.69) is 0 Å². The fourth-order valence-electron chi connectivity index (χ4n) is 1.22. The third-order valence-corrected chi connectivity index (χ3v) is 1.95. The number of aryl methyl sites for hydroxylation is 1. The fraction of sp³-hybridized carbons (Fsp3) is 0.364. The molecule has 0 bridgehead atoms. The van der Waals surface area contributed by atoms with Gasteiger partial charge >= 0.3 is 5.97 Å². The summed E-state index contributed by atoms with van der Waals surface area (Å²) in [5.74, 6) is -1.30. The zero-order valence-electron chi connectivity index (χ0n) is 8.66. The number of carboxylic acid groups (broad SMARTS) is 1. The number of ether oxygens (including phenoxy) is 1. The Morgan fingerprint density at radius 1 is 1.60 bits per heavy atom. The Bertz CT molecular complexity index is 363. The standard InChI is InChI=1S/C11H13FO3/c1-7-4-3-5-9(11(7)12)15-8(2)6-10(13)14/h3-5,8H,6H2,1-2H3,(H,13,14)/t8-/m0/s1. The Morgan fingerprint density at radius 3 is 2.87 bits per heavy atom. The average molecular weight is 212 g/mol. The minimum absolute atomic E-state index is 0.101. The highest BCUT2D eigenvalue weighted by molar-refractivity contribution is 5.67. The van der Waals surface area contributed by atoms with Crippen molar-refractivity contribution in [3.63, 3.8) is 0 Å². The van der Waals surface area contributed by atoms with E-state index in [4.69, 9.17) is 9.84 Å². The van der Waals surface area contributed by atoms with Crippen LogP contribution in [0.3, 0.4) is 0 Å². The number of carbonyl (C=O) groups is 1. The van der Waals surface area contributed by atoms with Crippen molar-refractivity contribution in [3.8, 4) is 5.75 Å². The van der Waals surface area contributed by atoms with E-state index in [9.17, 15) is 9.18 Å². The Balaban J connectivity index is 2.72. The van der Waals surface area contributed by atoms with Crippen molar-refractivity contribution in [2.75, 3.05) is 0 Å². The van der Waals surface area contributed by atoms with Gasteiger partial charge in [0.15, 0.2) is 11.6 Å². The van der Waals surface area contributed by atoms with Crippen molar-refractivity contribution in [2.45, 2.75) is 26.4 Å². The molecule has 1 atom stereocenters. The van der Waals surface area contributed by atoms with E-state index in [1.54, 1.807) is 26.0 Å². The molecule has 0 saturated carbocycles. The van der Waals surface area contributed by atoms with Crippen LogP contribution in [0.1, 0.15) is 18.9 Å². The van der Waals surface area contributed by atoms with Crippen LogP contribution in [0.5, 0.6) is 5.75 Å². The molecule has 82 valence electrons. The van der Waals surface area contributed by atoms with Crippen LogP contribution in [0.25, 0.3) is 0 Å². The second-order valence-corrected chi connectivity index (χ2v) is 3.41. The van der Waals surface area contributed by atoms with Gasteiger partial charge in [0.25, 0.3) is 0 Å². The normalized spacial score (nSPS) is 12.2. The lowest BCUT2D eigenvalue weighted by atomic mass is 10.2. The van der Waals surface area contributed by atoms with Gasteiger partial charge in [0.05, 0.1) is 6.42 Å². The summed E-state index contributed by atoms with van der Waals surface area (Å²) in [5.41, 5.74) is 0.482. The number of carboxylic acids is 1. The lowest BCUT2D eigenvalue weighted by Gasteiger charge is -2.13. The summed E-state index contributed by atoms with van der Waals surface area (Å²) < 4.78 is 18.6. The molecule has 0 aliphatic carbocycles. The fourth-order valence-corrected chi connectivity index (χ4v) is 1.22. The first kappa shape index (κ1) is 11.5. The maximum Gasteiger partial charge on any atom is 0.307 e. The quantitative estimate of drug-likeness (QED) is 0.833. The molecule has 0 saturated heterocycles. The molecular formula is C11H13FO3. The van der Waals surface area contributed by atoms with Gasteiger partial charge in [0.2, 0.25) is 0 Å². The molecule has 0 aromatic heterocycles. The van der Waals surface area contributed by atoms with E-state index in [0.717, 1.165) is 0 Å². The maximum atomic E-state index is 13.4. The minimum Gasteiger partial charge on any atom is -0.487 e. The van der Waals surface area contributed by atoms with Gasteiger partial charge in [0.1, 0.15) is 6.10 Å². The molecule has 0 amide bonds. The highest BCUT2D eigenvalue weighted by Gasteiger charge is 2.12. The summed E-state index contributed by atoms with van der Waals surface area (Å²) in [6.07, 6.45) is -0.688. The number of benzene rings is 1. The second-order valence-electron chi connectivity index (χ2n) is 3.41. The summed E-state index contributed by atoms with van der Waals surface area (Å²) in [5, 5.41) is 8.51. The number of halogens is 1. The molecular weight excluding hydrogens is 199 g/mol. The van der Waals surface area contributed by atoms with Crippen molar-refractivity contribution in [3.05, 3.63) is 29.6 Å². The Hall–Kier alpha value is -1.58. The molecule has 0 radical (unpaired) electrons. The van der Waals surface area contributed by atoms with Crippen LogP contribution in [0.15, 0.2) is 18.2 Å². The third kappa shape index (κ3) is 3.23. The lowest BCUT2D eigenvalue weighted by molar-refractivity contribution is -0.138. The van der Waals surface area contributed by atoms with Crippen molar-refractivity contribution >= 4 is 5.97 Å². The van der Waals surface area contributed by atoms with Crippen molar-refractivity contribution in [1.29, 1.82) is 0 Å². The highest BCUT2D eigenvalue weighted by atomic mass is 19.1. The first-order valence-electron chi connectivity index (χ1n) is 4.64. The molecule has 0 aliphatic rings. The van der Waals surface area contributed by atoms with Gasteiger partial charge in [-0.25, -0.2) is 4.39 Å². The third-order valence-electron chi connectivity index (χ3n) is 1.95. The van der Waals surface area contributed by atoms with Crippen LogP contribution >= 0.6 is 0 Å². The van der Waals surface area contributed by atoms with Crippen LogP contribution in [-0.4, -0.2) is 17.2 Å². The topological polar surface area (TPSA) is 46.5 Å². The average Bonchev–Trinajstić information content (AvgIpc) is 2.11. The van der Waals surface area contributed by atoms with Gasteiger partial charge in [-0.1, -0.05) is 12.1 Å². The maximum absolute atomic E-state index is 13.4. The summed E-state index contributed by atoms with van der Waals surface area (Å²) >= 11 is 0. The highest BCUT2D eigenvalue weighted by Crippen LogP contribution is 2.21. The largest absolute Gasteiger partial charge is 0.487 e. The summed E-state index contributed by atoms with van der Waals surface area (Å²) in [6, 6.07) is 4.78. The predicted molar refractivity (Wildman–Crippen MR) is 53.5 cm³/mol. The van der Waals surface area contributed by atoms with E-state index in [0.29, 0.717) is 5.56 Å². The molecule has 4 heteroatoms. The molecule has 0 fully saturated rings. The van der Waals surface area contributed by atoms with Crippen molar-refractivity contribution in [2.24, 2.45) is 0 Å². The lowest BCUT2D eigenvalue weighted by Crippen LogP contribution is -2.17. The monoisotopic (exact) mass is 212 g/mol. The summed E-state index contributed by atoms with van der Waals surface area (Å²) in [6.45, 7) is 3.22. The zero-order valence-corrected chi connectivity index (χ0v) is 8.66. The van der Waals surface area contributed by atoms with E-state index in [1.807, 2.05) is 0 Å². The predicted octanol–water partition coefficient (Wildman–Crippen LogP) is 2.38. The van der Waals surface area contributed by atoms with Gasteiger partial charge in [-0.3, -0.25) is 4.79 Å². The van der Waals surface area contributed by atoms with E-state index in [-0.39, 0.29) is 12.2 Å². The van der Waals surface area contributed by atoms with Gasteiger partial charge in [0, 0.05) is 0 Å². The molecule has 1 N–H and O–H groups in total. The number of hydrogen-bond acceptors (Lipinski definition) is 2. The molecule has 0 unspecified atom stereocenters. The molecule has 15 heavy (non-hydrogen) atoms. The molecule has 1 aromatic carbocycles. The minimum atomic E-state index is -0.962. The van der Waals surface area contributed by atoms with Gasteiger partial charge < -0.3 is 9.84 Å². The number of aliphatic carboxylic acids is 1. The van der Waals surface area contributed by atoms with E-state index >= 15 is 0 Å². The molecule has 1 rings (SSSR count). The van der Waals surface area contributed by atoms with Gasteiger partial charge in [-0.05, 0) is 25.5 Å². The summed E-state index contributed by atoms with van der Waals surface area (Å²) in [7, 11) is 0. The second kappa shape index (κ2) is 4.77. The van der Waals surface area contributed by atoms with Crippen LogP contribution < -0.4 is 4.74 Å². The zero-order chi connectivity index (χ0) is 11.4. The Kier molecular flexibility index (Phi) is 3.66. The first-order chi connectivity index (χ1) is 7.00.